The van der Waals surface area contributed by atoms with Gasteiger partial charge in [0, 0.05) is 11.5 Å². The van der Waals surface area contributed by atoms with E-state index in [0.29, 0.717) is 34.7 Å². The Labute approximate surface area is 162 Å². The van der Waals surface area contributed by atoms with E-state index in [4.69, 9.17) is 9.47 Å². The van der Waals surface area contributed by atoms with E-state index in [2.05, 4.69) is 19.7 Å². The van der Waals surface area contributed by atoms with E-state index in [1.807, 2.05) is 6.92 Å². The predicted molar refractivity (Wildman–Crippen MR) is 101 cm³/mol. The number of aromatic nitrogens is 4. The topological polar surface area (TPSA) is 91.3 Å². The largest absolute Gasteiger partial charge is 0.478 e. The Morgan fingerprint density at radius 1 is 1.14 bits per heavy atom. The lowest BCUT2D eigenvalue weighted by Crippen LogP contribution is -2.20. The number of aromatic amines is 1. The normalized spacial score (nSPS) is 11.3. The monoisotopic (exact) mass is 402 g/mol. The van der Waals surface area contributed by atoms with Gasteiger partial charge in [0.05, 0.1) is 19.4 Å². The van der Waals surface area contributed by atoms with Gasteiger partial charge in [-0.25, -0.2) is 0 Å². The smallest absolute Gasteiger partial charge is 0.387 e. The molecule has 0 aliphatic heterocycles. The summed E-state index contributed by atoms with van der Waals surface area (Å²) in [6, 6.07) is 9.31. The predicted octanol–water partition coefficient (Wildman–Crippen LogP) is 3.27. The molecule has 1 aromatic carbocycles. The molecule has 0 aliphatic rings. The molecule has 4 aromatic rings. The first-order chi connectivity index (χ1) is 14.0. The van der Waals surface area contributed by atoms with Gasteiger partial charge >= 0.3 is 6.61 Å². The Bertz CT molecular complexity index is 1240. The summed E-state index contributed by atoms with van der Waals surface area (Å²) in [6.07, 6.45) is 0. The van der Waals surface area contributed by atoms with Crippen LogP contribution in [0.4, 0.5) is 8.78 Å². The number of fused-ring (bicyclic) bond motifs is 3. The van der Waals surface area contributed by atoms with Gasteiger partial charge in [-0.1, -0.05) is 0 Å². The third-order valence-electron chi connectivity index (χ3n) is 4.22. The number of halogens is 2. The number of methoxy groups -OCH3 is 1. The molecule has 10 heteroatoms. The summed E-state index contributed by atoms with van der Waals surface area (Å²) in [6.45, 7) is -0.711. The molecule has 0 saturated heterocycles. The van der Waals surface area contributed by atoms with Crippen LogP contribution in [0.15, 0.2) is 41.2 Å². The molecule has 0 bridgehead atoms. The Morgan fingerprint density at radius 2 is 1.90 bits per heavy atom. The number of nitrogens with zero attached hydrogens (tertiary/aromatic N) is 3. The van der Waals surface area contributed by atoms with Gasteiger partial charge in [-0.05, 0) is 37.3 Å². The third kappa shape index (κ3) is 3.33. The second kappa shape index (κ2) is 7.38. The number of pyridine rings is 2. The molecule has 0 aliphatic carbocycles. The number of benzene rings is 1. The summed E-state index contributed by atoms with van der Waals surface area (Å²) in [4.78, 5) is 24.8. The molecule has 3 heterocycles. The second-order valence-corrected chi connectivity index (χ2v) is 5.94. The van der Waals surface area contributed by atoms with Crippen LogP contribution in [0.3, 0.4) is 0 Å². The van der Waals surface area contributed by atoms with E-state index < -0.39 is 12.2 Å². The number of imidazole rings is 1. The van der Waals surface area contributed by atoms with E-state index in [1.165, 1.54) is 35.9 Å². The van der Waals surface area contributed by atoms with Gasteiger partial charge in [-0.15, -0.1) is 0 Å². The zero-order chi connectivity index (χ0) is 20.5. The number of hydrogen-bond donors (Lipinski definition) is 1. The summed E-state index contributed by atoms with van der Waals surface area (Å²) in [5.41, 5.74) is 0.940. The van der Waals surface area contributed by atoms with Crippen LogP contribution in [0.2, 0.25) is 0 Å². The molecule has 0 radical (unpaired) electrons. The van der Waals surface area contributed by atoms with Gasteiger partial charge in [0.1, 0.15) is 16.8 Å². The molecule has 0 fully saturated rings. The van der Waals surface area contributed by atoms with Crippen LogP contribution in [0, 0.1) is 0 Å². The zero-order valence-electron chi connectivity index (χ0n) is 15.5. The van der Waals surface area contributed by atoms with Crippen molar-refractivity contribution < 1.29 is 23.0 Å². The van der Waals surface area contributed by atoms with Crippen molar-refractivity contribution in [2.75, 3.05) is 13.7 Å². The fourth-order valence-corrected chi connectivity index (χ4v) is 3.04. The molecule has 150 valence electrons. The van der Waals surface area contributed by atoms with Gasteiger partial charge in [0.15, 0.2) is 5.65 Å². The van der Waals surface area contributed by atoms with Gasteiger partial charge in [-0.2, -0.15) is 18.7 Å². The first-order valence-corrected chi connectivity index (χ1v) is 8.69. The van der Waals surface area contributed by atoms with Crippen molar-refractivity contribution in [3.05, 3.63) is 46.8 Å². The molecule has 4 rings (SSSR count). The number of hydrogen-bond acceptors (Lipinski definition) is 6. The first-order valence-electron chi connectivity index (χ1n) is 8.69. The van der Waals surface area contributed by atoms with Crippen molar-refractivity contribution in [1.29, 1.82) is 0 Å². The van der Waals surface area contributed by atoms with Gasteiger partial charge in [0.25, 0.3) is 11.6 Å². The number of rotatable bonds is 6. The summed E-state index contributed by atoms with van der Waals surface area (Å²) in [5, 5.41) is 0.593. The maximum atomic E-state index is 13.2. The average Bonchev–Trinajstić information content (AvgIpc) is 3.14. The highest BCUT2D eigenvalue weighted by atomic mass is 19.3. The number of ether oxygens (including phenoxy) is 3. The lowest BCUT2D eigenvalue weighted by molar-refractivity contribution is -0.0498. The summed E-state index contributed by atoms with van der Waals surface area (Å²) in [7, 11) is 1.44. The maximum absolute atomic E-state index is 13.2. The molecule has 8 nitrogen and oxygen atoms in total. The second-order valence-electron chi connectivity index (χ2n) is 5.94. The van der Waals surface area contributed by atoms with Crippen LogP contribution in [0.5, 0.6) is 17.6 Å². The van der Waals surface area contributed by atoms with Gasteiger partial charge in [0.2, 0.25) is 5.88 Å². The molecule has 0 saturated carbocycles. The highest BCUT2D eigenvalue weighted by molar-refractivity contribution is 6.01. The minimum atomic E-state index is -2.94. The molecule has 0 atom stereocenters. The molecular formula is C19H16F2N4O4. The summed E-state index contributed by atoms with van der Waals surface area (Å²) in [5.74, 6) is 0.320. The standard InChI is InChI=1S/C19H16F2N4O4/c1-3-28-13-9-8-12-14-15(24-19(23-14)27-2)17(26)25(16(12)22-13)10-4-6-11(7-5-10)29-18(20)21/h4-9,18H,3H2,1-2H3,(H,23,24). The molecular weight excluding hydrogens is 386 g/mol. The van der Waals surface area contributed by atoms with Crippen LogP contribution < -0.4 is 19.8 Å². The van der Waals surface area contributed by atoms with Gasteiger partial charge < -0.3 is 19.2 Å². The van der Waals surface area contributed by atoms with Crippen molar-refractivity contribution in [1.82, 2.24) is 19.5 Å². The molecule has 1 N–H and O–H groups in total. The molecule has 3 aromatic heterocycles. The number of nitrogens with one attached hydrogen (secondary N) is 1. The van der Waals surface area contributed by atoms with Crippen LogP contribution in [0.25, 0.3) is 27.8 Å². The van der Waals surface area contributed by atoms with E-state index in [9.17, 15) is 13.6 Å². The highest BCUT2D eigenvalue weighted by Gasteiger charge is 2.18. The molecule has 0 spiro atoms. The van der Waals surface area contributed by atoms with Crippen molar-refractivity contribution in [2.45, 2.75) is 13.5 Å². The lowest BCUT2D eigenvalue weighted by atomic mass is 10.2. The fraction of sp³-hybridized carbons (Fsp3) is 0.211. The molecule has 0 unspecified atom stereocenters. The molecule has 0 amide bonds. The summed E-state index contributed by atoms with van der Waals surface area (Å²) >= 11 is 0. The van der Waals surface area contributed by atoms with Crippen molar-refractivity contribution >= 4 is 22.1 Å². The SMILES string of the molecule is CCOc1ccc2c3nc(OC)[nH]c3c(=O)n(-c3ccc(OC(F)F)cc3)c2n1. The fourth-order valence-electron chi connectivity index (χ4n) is 3.04. The number of H-pyrrole nitrogens is 1. The third-order valence-corrected chi connectivity index (χ3v) is 4.22. The van der Waals surface area contributed by atoms with Crippen molar-refractivity contribution in [2.24, 2.45) is 0 Å². The minimum Gasteiger partial charge on any atom is -0.478 e. The van der Waals surface area contributed by atoms with Crippen LogP contribution in [0.1, 0.15) is 6.92 Å². The van der Waals surface area contributed by atoms with E-state index in [0.717, 1.165) is 0 Å². The summed E-state index contributed by atoms with van der Waals surface area (Å²) < 4.78 is 41.1. The van der Waals surface area contributed by atoms with Crippen molar-refractivity contribution in [3.63, 3.8) is 0 Å². The Hall–Kier alpha value is -3.69. The van der Waals surface area contributed by atoms with E-state index in [-0.39, 0.29) is 17.3 Å². The molecule has 29 heavy (non-hydrogen) atoms. The average molecular weight is 402 g/mol. The zero-order valence-corrected chi connectivity index (χ0v) is 15.5. The highest BCUT2D eigenvalue weighted by Crippen LogP contribution is 2.27. The van der Waals surface area contributed by atoms with Crippen LogP contribution in [-0.2, 0) is 0 Å². The van der Waals surface area contributed by atoms with Gasteiger partial charge in [-0.3, -0.25) is 9.36 Å². The lowest BCUT2D eigenvalue weighted by Gasteiger charge is -2.12. The maximum Gasteiger partial charge on any atom is 0.387 e. The first kappa shape index (κ1) is 18.7. The quantitative estimate of drug-likeness (QED) is 0.532. The Morgan fingerprint density at radius 3 is 2.55 bits per heavy atom. The van der Waals surface area contributed by atoms with Crippen LogP contribution in [-0.4, -0.2) is 39.8 Å². The van der Waals surface area contributed by atoms with E-state index >= 15 is 0 Å². The minimum absolute atomic E-state index is 0.0200. The Kier molecular flexibility index (Phi) is 4.75. The van der Waals surface area contributed by atoms with E-state index in [1.54, 1.807) is 12.1 Å². The van der Waals surface area contributed by atoms with Crippen LogP contribution >= 0.6 is 0 Å². The van der Waals surface area contributed by atoms with Crippen molar-refractivity contribution in [3.8, 4) is 23.3 Å². The Balaban J connectivity index is 2.00. The number of alkyl halides is 2.